The number of ether oxygens (including phenoxy) is 5. The average molecular weight is 326 g/mol. The minimum absolute atomic E-state index is 0.102. The molecule has 23 heavy (non-hydrogen) atoms. The zero-order chi connectivity index (χ0) is 17.2. The SMILES string of the molecule is CCOC(=O)/C=C(/Oc1nc(OC)cc(OC)n1)C(=O)OCC. The Bertz CT molecular complexity index is 564. The molecule has 0 unspecified atom stereocenters. The Morgan fingerprint density at radius 3 is 2.09 bits per heavy atom. The summed E-state index contributed by atoms with van der Waals surface area (Å²) in [4.78, 5) is 31.2. The molecule has 0 atom stereocenters. The Morgan fingerprint density at radius 1 is 1.04 bits per heavy atom. The van der Waals surface area contributed by atoms with E-state index in [0.29, 0.717) is 0 Å². The zero-order valence-electron chi connectivity index (χ0n) is 13.3. The lowest BCUT2D eigenvalue weighted by molar-refractivity contribution is -0.143. The van der Waals surface area contributed by atoms with Gasteiger partial charge in [0.25, 0.3) is 0 Å². The first kappa shape index (κ1) is 18.2. The molecule has 1 heterocycles. The highest BCUT2D eigenvalue weighted by atomic mass is 16.6. The fourth-order valence-electron chi connectivity index (χ4n) is 1.36. The second-order valence-corrected chi connectivity index (χ2v) is 3.82. The second kappa shape index (κ2) is 9.23. The number of hydrogen-bond donors (Lipinski definition) is 0. The number of methoxy groups -OCH3 is 2. The summed E-state index contributed by atoms with van der Waals surface area (Å²) in [5.74, 6) is -1.71. The fraction of sp³-hybridized carbons (Fsp3) is 0.429. The molecule has 0 amide bonds. The van der Waals surface area contributed by atoms with Crippen molar-refractivity contribution >= 4 is 11.9 Å². The highest BCUT2D eigenvalue weighted by Gasteiger charge is 2.19. The highest BCUT2D eigenvalue weighted by Crippen LogP contribution is 2.20. The van der Waals surface area contributed by atoms with Gasteiger partial charge < -0.3 is 23.7 Å². The Labute approximate surface area is 133 Å². The van der Waals surface area contributed by atoms with Crippen LogP contribution in [0.5, 0.6) is 17.8 Å². The molecule has 0 aliphatic heterocycles. The minimum Gasteiger partial charge on any atom is -0.481 e. The molecule has 126 valence electrons. The quantitative estimate of drug-likeness (QED) is 0.391. The lowest BCUT2D eigenvalue weighted by atomic mass is 10.4. The van der Waals surface area contributed by atoms with Gasteiger partial charge in [0.1, 0.15) is 0 Å². The molecule has 1 aromatic rings. The van der Waals surface area contributed by atoms with E-state index in [9.17, 15) is 9.59 Å². The maximum Gasteiger partial charge on any atom is 0.374 e. The van der Waals surface area contributed by atoms with E-state index in [-0.39, 0.29) is 31.0 Å². The maximum absolute atomic E-state index is 11.9. The van der Waals surface area contributed by atoms with Crippen molar-refractivity contribution in [2.24, 2.45) is 0 Å². The Kier molecular flexibility index (Phi) is 7.31. The summed E-state index contributed by atoms with van der Waals surface area (Å²) in [6.45, 7) is 3.50. The van der Waals surface area contributed by atoms with Crippen molar-refractivity contribution in [1.82, 2.24) is 9.97 Å². The first-order chi connectivity index (χ1) is 11.0. The summed E-state index contributed by atoms with van der Waals surface area (Å²) in [5, 5.41) is 0. The Balaban J connectivity index is 3.09. The van der Waals surface area contributed by atoms with E-state index in [2.05, 4.69) is 9.97 Å². The molecule has 0 aliphatic carbocycles. The lowest BCUT2D eigenvalue weighted by Crippen LogP contribution is -2.16. The van der Waals surface area contributed by atoms with Crippen molar-refractivity contribution in [2.45, 2.75) is 13.8 Å². The lowest BCUT2D eigenvalue weighted by Gasteiger charge is -2.09. The first-order valence-electron chi connectivity index (χ1n) is 6.74. The summed E-state index contributed by atoms with van der Waals surface area (Å²) in [5.41, 5.74) is 0. The standard InChI is InChI=1S/C14H18N2O7/c1-5-21-12(17)7-9(13(18)22-6-2)23-14-15-10(19-3)8-11(16-14)20-4/h7-8H,5-6H2,1-4H3/b9-7+. The van der Waals surface area contributed by atoms with Crippen molar-refractivity contribution in [2.75, 3.05) is 27.4 Å². The van der Waals surface area contributed by atoms with Crippen LogP contribution in [-0.2, 0) is 19.1 Å². The molecule has 0 radical (unpaired) electrons. The third-order valence-electron chi connectivity index (χ3n) is 2.29. The molecular weight excluding hydrogens is 308 g/mol. The molecule has 9 nitrogen and oxygen atoms in total. The van der Waals surface area contributed by atoms with Gasteiger partial charge in [-0.25, -0.2) is 9.59 Å². The van der Waals surface area contributed by atoms with E-state index < -0.39 is 17.7 Å². The highest BCUT2D eigenvalue weighted by molar-refractivity contribution is 5.95. The summed E-state index contributed by atoms with van der Waals surface area (Å²) >= 11 is 0. The third-order valence-corrected chi connectivity index (χ3v) is 2.29. The van der Waals surface area contributed by atoms with Gasteiger partial charge in [0.2, 0.25) is 17.5 Å². The normalized spacial score (nSPS) is 10.7. The number of nitrogens with zero attached hydrogens (tertiary/aromatic N) is 2. The molecule has 0 spiro atoms. The van der Waals surface area contributed by atoms with Crippen LogP contribution in [0.2, 0.25) is 0 Å². The number of aromatic nitrogens is 2. The molecular formula is C14H18N2O7. The van der Waals surface area contributed by atoms with Gasteiger partial charge in [-0.3, -0.25) is 0 Å². The van der Waals surface area contributed by atoms with E-state index in [0.717, 1.165) is 6.08 Å². The number of carbonyl (C=O) groups excluding carboxylic acids is 2. The number of rotatable bonds is 8. The van der Waals surface area contributed by atoms with Crippen LogP contribution in [-0.4, -0.2) is 49.3 Å². The maximum atomic E-state index is 11.9. The molecule has 0 N–H and O–H groups in total. The van der Waals surface area contributed by atoms with Crippen molar-refractivity contribution < 1.29 is 33.3 Å². The minimum atomic E-state index is -0.856. The Hall–Kier alpha value is -2.84. The summed E-state index contributed by atoms with van der Waals surface area (Å²) in [6, 6.07) is 1.18. The van der Waals surface area contributed by atoms with E-state index in [1.807, 2.05) is 0 Å². The van der Waals surface area contributed by atoms with Crippen LogP contribution in [0.1, 0.15) is 13.8 Å². The van der Waals surface area contributed by atoms with Crippen molar-refractivity contribution in [3.63, 3.8) is 0 Å². The molecule has 0 bridgehead atoms. The monoisotopic (exact) mass is 326 g/mol. The topological polar surface area (TPSA) is 106 Å². The molecule has 0 aliphatic rings. The van der Waals surface area contributed by atoms with Gasteiger partial charge in [0.15, 0.2) is 0 Å². The summed E-state index contributed by atoms with van der Waals surface area (Å²) < 4.78 is 24.7. The van der Waals surface area contributed by atoms with Gasteiger partial charge in [-0.1, -0.05) is 0 Å². The van der Waals surface area contributed by atoms with Gasteiger partial charge in [-0.2, -0.15) is 9.97 Å². The van der Waals surface area contributed by atoms with E-state index in [4.69, 9.17) is 23.7 Å². The van der Waals surface area contributed by atoms with Crippen molar-refractivity contribution in [3.05, 3.63) is 17.9 Å². The molecule has 0 aromatic carbocycles. The Morgan fingerprint density at radius 2 is 1.61 bits per heavy atom. The molecule has 9 heteroatoms. The zero-order valence-corrected chi connectivity index (χ0v) is 13.3. The third kappa shape index (κ3) is 5.81. The van der Waals surface area contributed by atoms with E-state index >= 15 is 0 Å². The van der Waals surface area contributed by atoms with Gasteiger partial charge in [0.05, 0.1) is 39.6 Å². The van der Waals surface area contributed by atoms with Crippen LogP contribution in [0.25, 0.3) is 0 Å². The number of esters is 2. The van der Waals surface area contributed by atoms with Gasteiger partial charge in [-0.05, 0) is 13.8 Å². The van der Waals surface area contributed by atoms with E-state index in [1.165, 1.54) is 20.3 Å². The van der Waals surface area contributed by atoms with Crippen LogP contribution in [0.4, 0.5) is 0 Å². The predicted octanol–water partition coefficient (Wildman–Crippen LogP) is 0.883. The van der Waals surface area contributed by atoms with Gasteiger partial charge >= 0.3 is 17.9 Å². The predicted molar refractivity (Wildman–Crippen MR) is 77.1 cm³/mol. The van der Waals surface area contributed by atoms with Crippen LogP contribution in [0.3, 0.4) is 0 Å². The first-order valence-corrected chi connectivity index (χ1v) is 6.74. The molecule has 0 saturated carbocycles. The van der Waals surface area contributed by atoms with Gasteiger partial charge in [0, 0.05) is 0 Å². The second-order valence-electron chi connectivity index (χ2n) is 3.82. The molecule has 1 aromatic heterocycles. The summed E-state index contributed by atoms with van der Waals surface area (Å²) in [6.07, 6.45) is 0.858. The van der Waals surface area contributed by atoms with Gasteiger partial charge in [-0.15, -0.1) is 0 Å². The largest absolute Gasteiger partial charge is 0.481 e. The van der Waals surface area contributed by atoms with E-state index in [1.54, 1.807) is 13.8 Å². The smallest absolute Gasteiger partial charge is 0.374 e. The van der Waals surface area contributed by atoms with Crippen LogP contribution >= 0.6 is 0 Å². The fourth-order valence-corrected chi connectivity index (χ4v) is 1.36. The van der Waals surface area contributed by atoms with Crippen molar-refractivity contribution in [1.29, 1.82) is 0 Å². The van der Waals surface area contributed by atoms with Crippen LogP contribution < -0.4 is 14.2 Å². The molecule has 0 fully saturated rings. The summed E-state index contributed by atoms with van der Waals surface area (Å²) in [7, 11) is 2.79. The number of hydrogen-bond acceptors (Lipinski definition) is 9. The van der Waals surface area contributed by atoms with Crippen LogP contribution in [0, 0.1) is 0 Å². The molecule has 0 saturated heterocycles. The molecule has 1 rings (SSSR count). The van der Waals surface area contributed by atoms with Crippen molar-refractivity contribution in [3.8, 4) is 17.8 Å². The van der Waals surface area contributed by atoms with Crippen LogP contribution in [0.15, 0.2) is 17.9 Å². The average Bonchev–Trinajstić information content (AvgIpc) is 2.54. The number of carbonyl (C=O) groups is 2.